The zero-order valence-electron chi connectivity index (χ0n) is 24.4. The third-order valence-electron chi connectivity index (χ3n) is 8.22. The Morgan fingerprint density at radius 2 is 1.79 bits per heavy atom. The molecular formula is C35H39N3O5. The maximum Gasteiger partial charge on any atom is 0.160 e. The minimum Gasteiger partial charge on any atom is -0.508 e. The van der Waals surface area contributed by atoms with Crippen molar-refractivity contribution in [1.82, 2.24) is 9.97 Å². The fourth-order valence-electron chi connectivity index (χ4n) is 6.07. The van der Waals surface area contributed by atoms with Gasteiger partial charge in [-0.2, -0.15) is 0 Å². The Kier molecular flexibility index (Phi) is 9.66. The highest BCUT2D eigenvalue weighted by Gasteiger charge is 2.37. The molecule has 224 valence electrons. The van der Waals surface area contributed by atoms with Crippen LogP contribution in [0.4, 0.5) is 5.82 Å². The summed E-state index contributed by atoms with van der Waals surface area (Å²) in [6.07, 6.45) is 9.88. The Hall–Kier alpha value is -4.72. The SMILES string of the molecule is COc1cc(CCC(=O)CC(=O)[C@@H]2C(CNc3ccc[nH]3)=Cc3[nH]ccc3[C@@H]2CCCCc2cccc(O)c2)ccc1O. The number of phenolic OH excluding ortho intramolecular Hbond substituents is 2. The smallest absolute Gasteiger partial charge is 0.160 e. The second kappa shape index (κ2) is 14.0. The number of nitrogens with one attached hydrogen (secondary N) is 3. The van der Waals surface area contributed by atoms with E-state index >= 15 is 0 Å². The highest BCUT2D eigenvalue weighted by atomic mass is 16.5. The van der Waals surface area contributed by atoms with Gasteiger partial charge in [-0.05, 0) is 102 Å². The number of phenols is 2. The Morgan fingerprint density at radius 1 is 0.930 bits per heavy atom. The lowest BCUT2D eigenvalue weighted by Crippen LogP contribution is -2.31. The second-order valence-corrected chi connectivity index (χ2v) is 11.2. The molecule has 5 N–H and O–H groups in total. The largest absolute Gasteiger partial charge is 0.508 e. The molecule has 1 aliphatic carbocycles. The lowest BCUT2D eigenvalue weighted by atomic mass is 9.71. The zero-order valence-corrected chi connectivity index (χ0v) is 24.4. The van der Waals surface area contributed by atoms with Gasteiger partial charge in [0.2, 0.25) is 0 Å². The van der Waals surface area contributed by atoms with Crippen molar-refractivity contribution in [3.8, 4) is 17.2 Å². The minimum atomic E-state index is -0.413. The summed E-state index contributed by atoms with van der Waals surface area (Å²) in [4.78, 5) is 33.6. The average Bonchev–Trinajstić information content (AvgIpc) is 3.70. The highest BCUT2D eigenvalue weighted by Crippen LogP contribution is 2.42. The average molecular weight is 582 g/mol. The van der Waals surface area contributed by atoms with E-state index in [9.17, 15) is 19.8 Å². The summed E-state index contributed by atoms with van der Waals surface area (Å²) in [7, 11) is 1.49. The van der Waals surface area contributed by atoms with Gasteiger partial charge in [0.1, 0.15) is 23.1 Å². The number of aromatic hydroxyl groups is 2. The highest BCUT2D eigenvalue weighted by molar-refractivity contribution is 6.02. The molecule has 0 aliphatic heterocycles. The van der Waals surface area contributed by atoms with Crippen LogP contribution in [0.5, 0.6) is 17.2 Å². The van der Waals surface area contributed by atoms with Gasteiger partial charge in [-0.1, -0.05) is 24.6 Å². The molecule has 0 saturated carbocycles. The third-order valence-corrected chi connectivity index (χ3v) is 8.22. The number of carbonyl (C=O) groups is 2. The number of aromatic nitrogens is 2. The number of fused-ring (bicyclic) bond motifs is 1. The van der Waals surface area contributed by atoms with Crippen molar-refractivity contribution in [1.29, 1.82) is 0 Å². The van der Waals surface area contributed by atoms with Crippen LogP contribution in [-0.2, 0) is 22.4 Å². The second-order valence-electron chi connectivity index (χ2n) is 11.2. The molecule has 5 rings (SSSR count). The number of Topliss-reactive ketones (excluding diaryl/α,β-unsaturated/α-hetero) is 2. The van der Waals surface area contributed by atoms with Gasteiger partial charge in [0.05, 0.1) is 13.5 Å². The zero-order chi connectivity index (χ0) is 30.2. The van der Waals surface area contributed by atoms with E-state index in [4.69, 9.17) is 4.74 Å². The number of aromatic amines is 2. The van der Waals surface area contributed by atoms with Gasteiger partial charge in [-0.3, -0.25) is 9.59 Å². The fraction of sp³-hybridized carbons (Fsp3) is 0.314. The molecule has 43 heavy (non-hydrogen) atoms. The molecule has 2 aromatic carbocycles. The molecule has 0 radical (unpaired) electrons. The molecule has 2 heterocycles. The first-order valence-corrected chi connectivity index (χ1v) is 14.8. The molecule has 2 aromatic heterocycles. The van der Waals surface area contributed by atoms with Crippen molar-refractivity contribution in [3.05, 3.63) is 101 Å². The Labute approximate surface area is 251 Å². The number of rotatable bonds is 15. The number of H-pyrrole nitrogens is 2. The van der Waals surface area contributed by atoms with Gasteiger partial charge < -0.3 is 30.2 Å². The van der Waals surface area contributed by atoms with Crippen molar-refractivity contribution in [2.24, 2.45) is 5.92 Å². The van der Waals surface area contributed by atoms with E-state index in [1.54, 1.807) is 30.3 Å². The summed E-state index contributed by atoms with van der Waals surface area (Å²) < 4.78 is 5.19. The van der Waals surface area contributed by atoms with E-state index in [-0.39, 0.29) is 41.8 Å². The minimum absolute atomic E-state index is 0.0440. The van der Waals surface area contributed by atoms with Crippen LogP contribution in [0.1, 0.15) is 60.4 Å². The lowest BCUT2D eigenvalue weighted by Gasteiger charge is -2.32. The van der Waals surface area contributed by atoms with E-state index in [2.05, 4.69) is 27.4 Å². The van der Waals surface area contributed by atoms with Gasteiger partial charge in [0.25, 0.3) is 0 Å². The number of benzene rings is 2. The molecule has 8 heteroatoms. The molecule has 4 aromatic rings. The predicted octanol–water partition coefficient (Wildman–Crippen LogP) is 6.55. The molecule has 1 aliphatic rings. The monoisotopic (exact) mass is 581 g/mol. The molecular weight excluding hydrogens is 542 g/mol. The number of ketones is 2. The van der Waals surface area contributed by atoms with E-state index in [1.165, 1.54) is 7.11 Å². The lowest BCUT2D eigenvalue weighted by molar-refractivity contribution is -0.129. The van der Waals surface area contributed by atoms with Crippen LogP contribution in [0.3, 0.4) is 0 Å². The summed E-state index contributed by atoms with van der Waals surface area (Å²) in [5.74, 6) is 0.935. The number of aryl methyl sites for hydroxylation is 2. The fourth-order valence-corrected chi connectivity index (χ4v) is 6.07. The Balaban J connectivity index is 1.29. The summed E-state index contributed by atoms with van der Waals surface area (Å²) in [5, 5.41) is 23.1. The molecule has 0 amide bonds. The number of hydrogen-bond donors (Lipinski definition) is 5. The number of unbranched alkanes of at least 4 members (excludes halogenated alkanes) is 1. The topological polar surface area (TPSA) is 127 Å². The van der Waals surface area contributed by atoms with E-state index in [1.807, 2.05) is 36.7 Å². The molecule has 0 bridgehead atoms. The van der Waals surface area contributed by atoms with Crippen molar-refractivity contribution in [2.75, 3.05) is 19.0 Å². The van der Waals surface area contributed by atoms with Crippen molar-refractivity contribution in [2.45, 2.75) is 50.9 Å². The van der Waals surface area contributed by atoms with Gasteiger partial charge in [-0.15, -0.1) is 0 Å². The first-order chi connectivity index (χ1) is 20.9. The standard InChI is InChI=1S/C35H39N3O5/c1-43-33-19-24(12-14-31(33)41)11-13-27(40)21-32(42)35-25(22-38-34-10-5-16-37-34)20-30-28(15-17-36-30)29(35)9-3-2-6-23-7-4-8-26(39)18-23/h4-5,7-8,10,12,14-20,29,35-39,41H,2-3,6,9,11,13,21-22H2,1H3/t29-,35+/m0/s1. The number of hydrogen-bond acceptors (Lipinski definition) is 6. The molecule has 0 fully saturated rings. The Bertz CT molecular complexity index is 1570. The van der Waals surface area contributed by atoms with Crippen LogP contribution in [0.15, 0.2) is 78.6 Å². The quantitative estimate of drug-likeness (QED) is 0.0801. The van der Waals surface area contributed by atoms with E-state index < -0.39 is 5.92 Å². The molecule has 2 atom stereocenters. The van der Waals surface area contributed by atoms with E-state index in [0.29, 0.717) is 18.7 Å². The number of methoxy groups -OCH3 is 1. The Morgan fingerprint density at radius 3 is 2.58 bits per heavy atom. The number of ether oxygens (including phenoxy) is 1. The maximum absolute atomic E-state index is 14.0. The van der Waals surface area contributed by atoms with Crippen molar-refractivity contribution in [3.63, 3.8) is 0 Å². The molecule has 0 unspecified atom stereocenters. The van der Waals surface area contributed by atoms with Crippen molar-refractivity contribution < 1.29 is 24.5 Å². The van der Waals surface area contributed by atoms with Crippen LogP contribution in [-0.4, -0.2) is 45.4 Å². The molecule has 0 saturated heterocycles. The van der Waals surface area contributed by atoms with Gasteiger partial charge in [0.15, 0.2) is 11.5 Å². The van der Waals surface area contributed by atoms with Crippen LogP contribution in [0.2, 0.25) is 0 Å². The summed E-state index contributed by atoms with van der Waals surface area (Å²) in [6.45, 7) is 0.483. The van der Waals surface area contributed by atoms with Gasteiger partial charge in [0, 0.05) is 37.0 Å². The van der Waals surface area contributed by atoms with Crippen LogP contribution in [0, 0.1) is 5.92 Å². The van der Waals surface area contributed by atoms with Gasteiger partial charge in [-0.25, -0.2) is 0 Å². The summed E-state index contributed by atoms with van der Waals surface area (Å²) in [6, 6.07) is 18.3. The van der Waals surface area contributed by atoms with Crippen LogP contribution in [0.25, 0.3) is 6.08 Å². The maximum atomic E-state index is 14.0. The first kappa shape index (κ1) is 29.8. The van der Waals surface area contributed by atoms with Crippen LogP contribution >= 0.6 is 0 Å². The first-order valence-electron chi connectivity index (χ1n) is 14.8. The van der Waals surface area contributed by atoms with E-state index in [0.717, 1.165) is 59.5 Å². The molecule has 8 nitrogen and oxygen atoms in total. The summed E-state index contributed by atoms with van der Waals surface area (Å²) in [5.41, 5.74) is 5.04. The predicted molar refractivity (Wildman–Crippen MR) is 168 cm³/mol. The van der Waals surface area contributed by atoms with Gasteiger partial charge >= 0.3 is 0 Å². The van der Waals surface area contributed by atoms with Crippen LogP contribution < -0.4 is 10.1 Å². The third kappa shape index (κ3) is 7.57. The number of carbonyl (C=O) groups excluding carboxylic acids is 2. The number of anilines is 1. The normalized spacial score (nSPS) is 15.9. The van der Waals surface area contributed by atoms with Crippen molar-refractivity contribution >= 4 is 23.5 Å². The summed E-state index contributed by atoms with van der Waals surface area (Å²) >= 11 is 0. The molecule has 0 spiro atoms.